The number of hydrogen-bond acceptors (Lipinski definition) is 3. The molecule has 8 heteroatoms. The van der Waals surface area contributed by atoms with Gasteiger partial charge in [0.05, 0.1) is 6.54 Å². The Bertz CT molecular complexity index is 889. The van der Waals surface area contributed by atoms with Crippen LogP contribution < -0.4 is 9.46 Å². The average molecular weight is 355 g/mol. The molecular formula is C16H12F3NO3S. The molecule has 2 rings (SSSR count). The zero-order valence-corrected chi connectivity index (χ0v) is 13.0. The van der Waals surface area contributed by atoms with Crippen molar-refractivity contribution in [1.29, 1.82) is 0 Å². The van der Waals surface area contributed by atoms with Crippen molar-refractivity contribution in [2.75, 3.05) is 13.2 Å². The van der Waals surface area contributed by atoms with E-state index in [-0.39, 0.29) is 18.9 Å². The molecule has 0 heterocycles. The monoisotopic (exact) mass is 355 g/mol. The molecule has 0 unspecified atom stereocenters. The largest absolute Gasteiger partial charge is 0.478 e. The fraction of sp³-hybridized carbons (Fsp3) is 0.125. The van der Waals surface area contributed by atoms with Gasteiger partial charge in [0.1, 0.15) is 23.1 Å². The Morgan fingerprint density at radius 1 is 1.00 bits per heavy atom. The number of benzene rings is 2. The van der Waals surface area contributed by atoms with Crippen LogP contribution >= 0.6 is 0 Å². The van der Waals surface area contributed by atoms with Crippen molar-refractivity contribution < 1.29 is 26.3 Å². The first-order chi connectivity index (χ1) is 11.4. The predicted octanol–water partition coefficient (Wildman–Crippen LogP) is 2.46. The van der Waals surface area contributed by atoms with Gasteiger partial charge in [0.25, 0.3) is 0 Å². The van der Waals surface area contributed by atoms with Crippen LogP contribution in [0.5, 0.6) is 5.75 Å². The van der Waals surface area contributed by atoms with E-state index in [1.54, 1.807) is 6.07 Å². The summed E-state index contributed by atoms with van der Waals surface area (Å²) in [7, 11) is -4.15. The molecule has 24 heavy (non-hydrogen) atoms. The summed E-state index contributed by atoms with van der Waals surface area (Å²) < 4.78 is 70.3. The Balaban J connectivity index is 1.89. The van der Waals surface area contributed by atoms with Gasteiger partial charge in [-0.25, -0.2) is 21.6 Å². The highest BCUT2D eigenvalue weighted by Gasteiger charge is 2.18. The SMILES string of the molecule is O=S(=O)(NCC#CCOc1ccccc1F)c1ccc(F)cc1F. The van der Waals surface area contributed by atoms with Crippen LogP contribution in [0, 0.1) is 29.3 Å². The molecule has 0 aliphatic carbocycles. The molecule has 0 aliphatic rings. The second-order valence-corrected chi connectivity index (χ2v) is 6.21. The molecule has 0 saturated heterocycles. The lowest BCUT2D eigenvalue weighted by atomic mass is 10.3. The van der Waals surface area contributed by atoms with Gasteiger partial charge in [0, 0.05) is 6.07 Å². The van der Waals surface area contributed by atoms with Crippen LogP contribution in [0.2, 0.25) is 0 Å². The highest BCUT2D eigenvalue weighted by Crippen LogP contribution is 2.15. The Kier molecular flexibility index (Phi) is 5.84. The van der Waals surface area contributed by atoms with Gasteiger partial charge in [-0.3, -0.25) is 0 Å². The van der Waals surface area contributed by atoms with Crippen LogP contribution in [-0.4, -0.2) is 21.6 Å². The van der Waals surface area contributed by atoms with Gasteiger partial charge in [-0.2, -0.15) is 4.72 Å². The minimum atomic E-state index is -4.15. The number of ether oxygens (including phenoxy) is 1. The van der Waals surface area contributed by atoms with Gasteiger partial charge in [0.15, 0.2) is 11.6 Å². The molecule has 0 radical (unpaired) electrons. The number of para-hydroxylation sites is 1. The predicted molar refractivity (Wildman–Crippen MR) is 81.2 cm³/mol. The van der Waals surface area contributed by atoms with E-state index in [0.717, 1.165) is 12.1 Å². The van der Waals surface area contributed by atoms with Gasteiger partial charge < -0.3 is 4.74 Å². The second kappa shape index (κ2) is 7.86. The Labute approximate surface area is 137 Å². The maximum absolute atomic E-state index is 13.5. The third-order valence-corrected chi connectivity index (χ3v) is 4.23. The van der Waals surface area contributed by atoms with E-state index in [4.69, 9.17) is 4.74 Å². The van der Waals surface area contributed by atoms with Crippen molar-refractivity contribution in [2.45, 2.75) is 4.90 Å². The van der Waals surface area contributed by atoms with Crippen molar-refractivity contribution >= 4 is 10.0 Å². The van der Waals surface area contributed by atoms with Crippen LogP contribution in [0.15, 0.2) is 47.4 Å². The van der Waals surface area contributed by atoms with Crippen LogP contribution in [0.25, 0.3) is 0 Å². The van der Waals surface area contributed by atoms with Crippen molar-refractivity contribution in [3.63, 3.8) is 0 Å². The second-order valence-electron chi connectivity index (χ2n) is 4.47. The smallest absolute Gasteiger partial charge is 0.244 e. The number of nitrogens with one attached hydrogen (secondary N) is 1. The van der Waals surface area contributed by atoms with Gasteiger partial charge >= 0.3 is 0 Å². The quantitative estimate of drug-likeness (QED) is 0.839. The lowest BCUT2D eigenvalue weighted by Crippen LogP contribution is -2.25. The number of sulfonamides is 1. The van der Waals surface area contributed by atoms with Crippen LogP contribution in [-0.2, 0) is 10.0 Å². The Hall–Kier alpha value is -2.50. The van der Waals surface area contributed by atoms with E-state index < -0.39 is 32.4 Å². The minimum absolute atomic E-state index is 0.0285. The van der Waals surface area contributed by atoms with Crippen LogP contribution in [0.3, 0.4) is 0 Å². The summed E-state index contributed by atoms with van der Waals surface area (Å²) in [5, 5.41) is 0. The number of rotatable bonds is 5. The fourth-order valence-electron chi connectivity index (χ4n) is 1.69. The molecule has 0 atom stereocenters. The summed E-state index contributed by atoms with van der Waals surface area (Å²) in [6.45, 7) is -0.451. The van der Waals surface area contributed by atoms with E-state index in [9.17, 15) is 21.6 Å². The van der Waals surface area contributed by atoms with Gasteiger partial charge in [-0.15, -0.1) is 0 Å². The van der Waals surface area contributed by atoms with E-state index >= 15 is 0 Å². The molecule has 0 saturated carbocycles. The number of halogens is 3. The maximum atomic E-state index is 13.5. The molecule has 4 nitrogen and oxygen atoms in total. The summed E-state index contributed by atoms with van der Waals surface area (Å²) in [6.07, 6.45) is 0. The van der Waals surface area contributed by atoms with Gasteiger partial charge in [-0.1, -0.05) is 24.0 Å². The summed E-state index contributed by atoms with van der Waals surface area (Å²) in [5.74, 6) is 2.36. The summed E-state index contributed by atoms with van der Waals surface area (Å²) >= 11 is 0. The maximum Gasteiger partial charge on any atom is 0.244 e. The molecule has 126 valence electrons. The molecule has 0 aromatic heterocycles. The van der Waals surface area contributed by atoms with E-state index in [1.807, 2.05) is 0 Å². The van der Waals surface area contributed by atoms with Crippen LogP contribution in [0.1, 0.15) is 0 Å². The fourth-order valence-corrected chi connectivity index (χ4v) is 2.67. The zero-order valence-electron chi connectivity index (χ0n) is 12.2. The van der Waals surface area contributed by atoms with Crippen LogP contribution in [0.4, 0.5) is 13.2 Å². The number of hydrogen-bond donors (Lipinski definition) is 1. The van der Waals surface area contributed by atoms with E-state index in [2.05, 4.69) is 16.6 Å². The van der Waals surface area contributed by atoms with Crippen molar-refractivity contribution in [3.8, 4) is 17.6 Å². The molecule has 1 N–H and O–H groups in total. The van der Waals surface area contributed by atoms with Crippen molar-refractivity contribution in [1.82, 2.24) is 4.72 Å². The lowest BCUT2D eigenvalue weighted by Gasteiger charge is -2.05. The molecule has 2 aromatic rings. The molecule has 0 amide bonds. The van der Waals surface area contributed by atoms with Crippen molar-refractivity contribution in [2.24, 2.45) is 0 Å². The summed E-state index contributed by atoms with van der Waals surface area (Å²) in [4.78, 5) is -0.673. The highest BCUT2D eigenvalue weighted by atomic mass is 32.2. The standard InChI is InChI=1S/C16H12F3NO3S/c17-12-7-8-16(14(19)11-12)24(21,22)20-9-3-4-10-23-15-6-2-1-5-13(15)18/h1-2,5-8,11,20H,9-10H2. The summed E-state index contributed by atoms with van der Waals surface area (Å²) in [6, 6.07) is 7.90. The third-order valence-electron chi connectivity index (χ3n) is 2.80. The molecular weight excluding hydrogens is 343 g/mol. The first-order valence-electron chi connectivity index (χ1n) is 6.68. The summed E-state index contributed by atoms with van der Waals surface area (Å²) in [5.41, 5.74) is 0. The van der Waals surface area contributed by atoms with E-state index in [1.165, 1.54) is 18.2 Å². The first kappa shape index (κ1) is 17.8. The molecule has 2 aromatic carbocycles. The minimum Gasteiger partial charge on any atom is -0.478 e. The molecule has 0 spiro atoms. The third kappa shape index (κ3) is 4.75. The lowest BCUT2D eigenvalue weighted by molar-refractivity contribution is 0.348. The normalized spacial score (nSPS) is 10.8. The van der Waals surface area contributed by atoms with Crippen molar-refractivity contribution in [3.05, 3.63) is 59.9 Å². The molecule has 0 bridgehead atoms. The van der Waals surface area contributed by atoms with E-state index in [0.29, 0.717) is 6.07 Å². The molecule has 0 fully saturated rings. The first-order valence-corrected chi connectivity index (χ1v) is 8.16. The topological polar surface area (TPSA) is 55.4 Å². The molecule has 0 aliphatic heterocycles. The Morgan fingerprint density at radius 3 is 2.46 bits per heavy atom. The Morgan fingerprint density at radius 2 is 1.75 bits per heavy atom. The van der Waals surface area contributed by atoms with Gasteiger partial charge in [0.2, 0.25) is 10.0 Å². The highest BCUT2D eigenvalue weighted by molar-refractivity contribution is 7.89. The van der Waals surface area contributed by atoms with Gasteiger partial charge in [-0.05, 0) is 24.3 Å². The zero-order chi connectivity index (χ0) is 17.6. The average Bonchev–Trinajstić information content (AvgIpc) is 2.52.